The molecule has 0 saturated heterocycles. The highest BCUT2D eigenvalue weighted by molar-refractivity contribution is 7.89. The van der Waals surface area contributed by atoms with Gasteiger partial charge in [0.2, 0.25) is 10.0 Å². The van der Waals surface area contributed by atoms with E-state index >= 15 is 0 Å². The summed E-state index contributed by atoms with van der Waals surface area (Å²) in [6, 6.07) is 1.14. The van der Waals surface area contributed by atoms with E-state index in [1.165, 1.54) is 29.1 Å². The second-order valence-electron chi connectivity index (χ2n) is 4.60. The van der Waals surface area contributed by atoms with Crippen LogP contribution in [-0.4, -0.2) is 35.6 Å². The Kier molecular flexibility index (Phi) is 4.45. The van der Waals surface area contributed by atoms with Crippen molar-refractivity contribution in [3.8, 4) is 0 Å². The molecule has 0 aliphatic heterocycles. The molecule has 1 unspecified atom stereocenters. The number of aryl methyl sites for hydroxylation is 1. The van der Waals surface area contributed by atoms with Gasteiger partial charge in [0, 0.05) is 37.3 Å². The van der Waals surface area contributed by atoms with Crippen LogP contribution in [0.25, 0.3) is 0 Å². The molecular formula is C12H15N3O4S2. The van der Waals surface area contributed by atoms with Crippen LogP contribution in [0.3, 0.4) is 0 Å². The number of hydrogen-bond donors (Lipinski definition) is 2. The Labute approximate surface area is 126 Å². The Morgan fingerprint density at radius 2 is 2.29 bits per heavy atom. The van der Waals surface area contributed by atoms with Crippen molar-refractivity contribution in [3.63, 3.8) is 0 Å². The molecule has 0 bridgehead atoms. The molecule has 0 aromatic carbocycles. The number of aromatic nitrogens is 2. The SMILES string of the molecule is CC(CNS(=O)(=O)c1cc(C(=O)O)n(C)c1)c1nccs1. The smallest absolute Gasteiger partial charge is 0.352 e. The minimum atomic E-state index is -3.74. The second kappa shape index (κ2) is 5.96. The molecule has 2 heterocycles. The van der Waals surface area contributed by atoms with Crippen molar-refractivity contribution in [2.75, 3.05) is 6.54 Å². The summed E-state index contributed by atoms with van der Waals surface area (Å²) in [6.07, 6.45) is 2.95. The van der Waals surface area contributed by atoms with Gasteiger partial charge in [-0.15, -0.1) is 11.3 Å². The average Bonchev–Trinajstić information content (AvgIpc) is 3.05. The number of carbonyl (C=O) groups is 1. The number of aromatic carboxylic acids is 1. The topological polar surface area (TPSA) is 101 Å². The number of thiazole rings is 1. The lowest BCUT2D eigenvalue weighted by Gasteiger charge is -2.09. The van der Waals surface area contributed by atoms with E-state index in [0.717, 1.165) is 11.1 Å². The van der Waals surface area contributed by atoms with E-state index in [1.807, 2.05) is 12.3 Å². The van der Waals surface area contributed by atoms with Crippen LogP contribution < -0.4 is 4.72 Å². The Hall–Kier alpha value is -1.71. The van der Waals surface area contributed by atoms with Gasteiger partial charge in [-0.25, -0.2) is 22.9 Å². The zero-order valence-electron chi connectivity index (χ0n) is 11.5. The summed E-state index contributed by atoms with van der Waals surface area (Å²) < 4.78 is 28.1. The van der Waals surface area contributed by atoms with E-state index in [4.69, 9.17) is 5.11 Å². The first-order valence-electron chi connectivity index (χ1n) is 6.10. The number of carboxylic acids is 1. The Morgan fingerprint density at radius 1 is 1.57 bits per heavy atom. The van der Waals surface area contributed by atoms with Crippen LogP contribution in [0.1, 0.15) is 28.3 Å². The van der Waals surface area contributed by atoms with Gasteiger partial charge in [0.15, 0.2) is 0 Å². The van der Waals surface area contributed by atoms with E-state index in [2.05, 4.69) is 9.71 Å². The first kappa shape index (κ1) is 15.7. The summed E-state index contributed by atoms with van der Waals surface area (Å²) in [5.74, 6) is -1.22. The summed E-state index contributed by atoms with van der Waals surface area (Å²) in [7, 11) is -2.25. The lowest BCUT2D eigenvalue weighted by molar-refractivity contribution is 0.0686. The van der Waals surface area contributed by atoms with Gasteiger partial charge >= 0.3 is 5.97 Å². The van der Waals surface area contributed by atoms with Crippen LogP contribution in [-0.2, 0) is 17.1 Å². The number of hydrogen-bond acceptors (Lipinski definition) is 5. The minimum absolute atomic E-state index is 0.0533. The summed E-state index contributed by atoms with van der Waals surface area (Å²) in [5.41, 5.74) is -0.0802. The van der Waals surface area contributed by atoms with Crippen LogP contribution in [0.5, 0.6) is 0 Å². The van der Waals surface area contributed by atoms with E-state index in [0.29, 0.717) is 0 Å². The second-order valence-corrected chi connectivity index (χ2v) is 7.29. The largest absolute Gasteiger partial charge is 0.477 e. The fraction of sp³-hybridized carbons (Fsp3) is 0.333. The van der Waals surface area contributed by atoms with Crippen molar-refractivity contribution in [1.82, 2.24) is 14.3 Å². The maximum Gasteiger partial charge on any atom is 0.352 e. The minimum Gasteiger partial charge on any atom is -0.477 e. The average molecular weight is 329 g/mol. The number of rotatable bonds is 6. The number of sulfonamides is 1. The molecule has 0 amide bonds. The van der Waals surface area contributed by atoms with Crippen molar-refractivity contribution in [1.29, 1.82) is 0 Å². The molecule has 0 radical (unpaired) electrons. The first-order valence-corrected chi connectivity index (χ1v) is 8.46. The third kappa shape index (κ3) is 3.49. The zero-order chi connectivity index (χ0) is 15.6. The molecule has 9 heteroatoms. The molecule has 0 fully saturated rings. The lowest BCUT2D eigenvalue weighted by atomic mass is 10.2. The molecule has 0 spiro atoms. The first-order chi connectivity index (χ1) is 9.81. The van der Waals surface area contributed by atoms with Gasteiger partial charge in [0.1, 0.15) is 10.6 Å². The molecule has 21 heavy (non-hydrogen) atoms. The van der Waals surface area contributed by atoms with Crippen LogP contribution in [0.2, 0.25) is 0 Å². The third-order valence-corrected chi connectivity index (χ3v) is 5.36. The Morgan fingerprint density at radius 3 is 2.81 bits per heavy atom. The third-order valence-electron chi connectivity index (χ3n) is 2.96. The molecule has 2 rings (SSSR count). The van der Waals surface area contributed by atoms with Gasteiger partial charge in [-0.3, -0.25) is 0 Å². The van der Waals surface area contributed by atoms with Crippen molar-refractivity contribution in [2.45, 2.75) is 17.7 Å². The van der Waals surface area contributed by atoms with Gasteiger partial charge in [-0.2, -0.15) is 0 Å². The summed E-state index contributed by atoms with van der Waals surface area (Å²) in [5, 5.41) is 11.6. The predicted molar refractivity (Wildman–Crippen MR) is 78.1 cm³/mol. The zero-order valence-corrected chi connectivity index (χ0v) is 13.1. The molecule has 1 atom stereocenters. The molecule has 2 aromatic heterocycles. The molecule has 2 aromatic rings. The highest BCUT2D eigenvalue weighted by Gasteiger charge is 2.21. The summed E-state index contributed by atoms with van der Waals surface area (Å²) >= 11 is 1.46. The molecule has 0 aliphatic rings. The summed E-state index contributed by atoms with van der Waals surface area (Å²) in [4.78, 5) is 15.0. The van der Waals surface area contributed by atoms with Crippen molar-refractivity contribution >= 4 is 27.3 Å². The fourth-order valence-corrected chi connectivity index (χ4v) is 3.68. The van der Waals surface area contributed by atoms with Crippen molar-refractivity contribution < 1.29 is 18.3 Å². The van der Waals surface area contributed by atoms with Crippen LogP contribution in [0, 0.1) is 0 Å². The normalized spacial score (nSPS) is 13.2. The molecule has 7 nitrogen and oxygen atoms in total. The fourth-order valence-electron chi connectivity index (χ4n) is 1.78. The van der Waals surface area contributed by atoms with E-state index < -0.39 is 16.0 Å². The van der Waals surface area contributed by atoms with Gasteiger partial charge < -0.3 is 9.67 Å². The maximum atomic E-state index is 12.2. The van der Waals surface area contributed by atoms with Gasteiger partial charge in [-0.1, -0.05) is 6.92 Å². The van der Waals surface area contributed by atoms with Crippen LogP contribution >= 0.6 is 11.3 Å². The monoisotopic (exact) mass is 329 g/mol. The molecule has 2 N–H and O–H groups in total. The predicted octanol–water partition coefficient (Wildman–Crippen LogP) is 1.26. The van der Waals surface area contributed by atoms with Crippen LogP contribution in [0.15, 0.2) is 28.7 Å². The standard InChI is InChI=1S/C12H15N3O4S2/c1-8(11-13-3-4-20-11)6-14-21(18,19)9-5-10(12(16)17)15(2)7-9/h3-5,7-8,14H,6H2,1-2H3,(H,16,17). The van der Waals surface area contributed by atoms with Crippen molar-refractivity contribution in [3.05, 3.63) is 34.5 Å². The number of nitrogens with one attached hydrogen (secondary N) is 1. The molecule has 0 aliphatic carbocycles. The van der Waals surface area contributed by atoms with Crippen LogP contribution in [0.4, 0.5) is 0 Å². The lowest BCUT2D eigenvalue weighted by Crippen LogP contribution is -2.27. The van der Waals surface area contributed by atoms with E-state index in [-0.39, 0.29) is 23.1 Å². The number of nitrogens with zero attached hydrogens (tertiary/aromatic N) is 2. The molecule has 114 valence electrons. The highest BCUT2D eigenvalue weighted by Crippen LogP contribution is 2.18. The number of carboxylic acid groups (broad SMARTS) is 1. The Balaban J connectivity index is 2.12. The van der Waals surface area contributed by atoms with Gasteiger partial charge in [0.25, 0.3) is 0 Å². The van der Waals surface area contributed by atoms with Crippen molar-refractivity contribution in [2.24, 2.45) is 7.05 Å². The molecular weight excluding hydrogens is 314 g/mol. The van der Waals surface area contributed by atoms with Gasteiger partial charge in [-0.05, 0) is 6.07 Å². The Bertz CT molecular complexity index is 735. The van der Waals surface area contributed by atoms with Gasteiger partial charge in [0.05, 0.1) is 5.01 Å². The quantitative estimate of drug-likeness (QED) is 0.831. The van der Waals surface area contributed by atoms with E-state index in [1.54, 1.807) is 6.20 Å². The highest BCUT2D eigenvalue weighted by atomic mass is 32.2. The molecule has 0 saturated carbocycles. The summed E-state index contributed by atoms with van der Waals surface area (Å²) in [6.45, 7) is 2.07. The van der Waals surface area contributed by atoms with E-state index in [9.17, 15) is 13.2 Å². The maximum absolute atomic E-state index is 12.2.